The van der Waals surface area contributed by atoms with Gasteiger partial charge in [0, 0.05) is 39.3 Å². The fraction of sp³-hybridized carbons (Fsp3) is 0.444. The first kappa shape index (κ1) is 25.1. The number of fused-ring (bicyclic) bond motifs is 1. The fourth-order valence-electron chi connectivity index (χ4n) is 5.43. The number of benzene rings is 2. The van der Waals surface area contributed by atoms with E-state index in [1.807, 2.05) is 17.0 Å². The molecule has 2 aromatic carbocycles. The van der Waals surface area contributed by atoms with Crippen LogP contribution in [0, 0.1) is 5.92 Å². The van der Waals surface area contributed by atoms with Crippen molar-refractivity contribution in [3.8, 4) is 0 Å². The molecule has 9 heteroatoms. The Morgan fingerprint density at radius 1 is 0.972 bits per heavy atom. The Balaban J connectivity index is 1.19. The summed E-state index contributed by atoms with van der Waals surface area (Å²) in [6.07, 6.45) is 1.89. The van der Waals surface area contributed by atoms with Gasteiger partial charge in [0.05, 0.1) is 39.1 Å². The van der Waals surface area contributed by atoms with Crippen LogP contribution in [0.4, 0.5) is 0 Å². The van der Waals surface area contributed by atoms with Gasteiger partial charge in [0.1, 0.15) is 5.82 Å². The molecule has 2 aliphatic rings. The molecule has 2 amide bonds. The SMILES string of the molecule is CCn1c(CN2CCC[C@H](C(=O)N3CCN(C(=O)c4cccc(Cl)c4Cl)CC3)C2)nc2ccccc21. The number of carbonyl (C=O) groups excluding carboxylic acids is 2. The minimum Gasteiger partial charge on any atom is -0.339 e. The lowest BCUT2D eigenvalue weighted by molar-refractivity contribution is -0.139. The molecule has 1 atom stereocenters. The summed E-state index contributed by atoms with van der Waals surface area (Å²) in [4.78, 5) is 37.2. The number of piperidine rings is 1. The molecule has 0 N–H and O–H groups in total. The molecule has 2 fully saturated rings. The standard InChI is InChI=1S/C27H31Cl2N5O2/c1-2-34-23-11-4-3-10-22(23)30-24(34)18-31-12-6-7-19(17-31)26(35)32-13-15-33(16-14-32)27(36)20-8-5-9-21(28)25(20)29/h3-5,8-11,19H,2,6-7,12-18H2,1H3/t19-/m0/s1. The molecule has 5 rings (SSSR count). The van der Waals surface area contributed by atoms with Gasteiger partial charge in [0.25, 0.3) is 5.91 Å². The number of piperazine rings is 1. The third-order valence-electron chi connectivity index (χ3n) is 7.33. The van der Waals surface area contributed by atoms with Crippen LogP contribution in [0.3, 0.4) is 0 Å². The second kappa shape index (κ2) is 10.8. The largest absolute Gasteiger partial charge is 0.339 e. The number of imidazole rings is 1. The molecule has 0 spiro atoms. The summed E-state index contributed by atoms with van der Waals surface area (Å²) in [5.41, 5.74) is 2.58. The summed E-state index contributed by atoms with van der Waals surface area (Å²) >= 11 is 12.3. The van der Waals surface area contributed by atoms with Crippen molar-refractivity contribution in [2.45, 2.75) is 32.9 Å². The molecule has 1 aromatic heterocycles. The Morgan fingerprint density at radius 3 is 2.50 bits per heavy atom. The summed E-state index contributed by atoms with van der Waals surface area (Å²) in [6.45, 7) is 7.52. The Morgan fingerprint density at radius 2 is 1.72 bits per heavy atom. The van der Waals surface area contributed by atoms with Crippen LogP contribution in [-0.2, 0) is 17.9 Å². The lowest BCUT2D eigenvalue weighted by Crippen LogP contribution is -2.53. The summed E-state index contributed by atoms with van der Waals surface area (Å²) in [5, 5.41) is 0.647. The summed E-state index contributed by atoms with van der Waals surface area (Å²) < 4.78 is 2.27. The summed E-state index contributed by atoms with van der Waals surface area (Å²) in [5.74, 6) is 1.08. The van der Waals surface area contributed by atoms with E-state index >= 15 is 0 Å². The highest BCUT2D eigenvalue weighted by Gasteiger charge is 2.33. The van der Waals surface area contributed by atoms with Crippen molar-refractivity contribution in [1.82, 2.24) is 24.3 Å². The molecule has 3 heterocycles. The van der Waals surface area contributed by atoms with Gasteiger partial charge in [-0.25, -0.2) is 4.98 Å². The Hall–Kier alpha value is -2.61. The van der Waals surface area contributed by atoms with Crippen LogP contribution in [0.1, 0.15) is 35.9 Å². The van der Waals surface area contributed by atoms with Crippen molar-refractivity contribution in [3.05, 3.63) is 63.9 Å². The number of likely N-dealkylation sites (tertiary alicyclic amines) is 1. The van der Waals surface area contributed by atoms with Gasteiger partial charge in [-0.05, 0) is 50.6 Å². The molecule has 0 aliphatic carbocycles. The average molecular weight is 528 g/mol. The molecule has 0 bridgehead atoms. The van der Waals surface area contributed by atoms with Crippen LogP contribution < -0.4 is 0 Å². The molecule has 7 nitrogen and oxygen atoms in total. The number of hydrogen-bond donors (Lipinski definition) is 0. The molecule has 0 radical (unpaired) electrons. The Kier molecular flexibility index (Phi) is 7.51. The van der Waals surface area contributed by atoms with Crippen molar-refractivity contribution < 1.29 is 9.59 Å². The van der Waals surface area contributed by atoms with Crippen LogP contribution in [0.25, 0.3) is 11.0 Å². The molecule has 3 aromatic rings. The number of amides is 2. The second-order valence-electron chi connectivity index (χ2n) is 9.55. The number of carbonyl (C=O) groups is 2. The summed E-state index contributed by atoms with van der Waals surface area (Å²) in [6, 6.07) is 13.3. The monoisotopic (exact) mass is 527 g/mol. The van der Waals surface area contributed by atoms with Crippen molar-refractivity contribution in [1.29, 1.82) is 0 Å². The highest BCUT2D eigenvalue weighted by molar-refractivity contribution is 6.43. The van der Waals surface area contributed by atoms with Crippen LogP contribution in [0.2, 0.25) is 10.0 Å². The predicted octanol–water partition coefficient (Wildman–Crippen LogP) is 4.56. The highest BCUT2D eigenvalue weighted by atomic mass is 35.5. The maximum Gasteiger partial charge on any atom is 0.255 e. The number of rotatable bonds is 5. The van der Waals surface area contributed by atoms with E-state index < -0.39 is 0 Å². The number of nitrogens with zero attached hydrogens (tertiary/aromatic N) is 5. The Labute approximate surface area is 221 Å². The molecule has 2 saturated heterocycles. The van der Waals surface area contributed by atoms with E-state index in [9.17, 15) is 9.59 Å². The lowest BCUT2D eigenvalue weighted by Gasteiger charge is -2.39. The minimum atomic E-state index is -0.141. The molecule has 0 unspecified atom stereocenters. The zero-order chi connectivity index (χ0) is 25.2. The first-order valence-corrected chi connectivity index (χ1v) is 13.4. The highest BCUT2D eigenvalue weighted by Crippen LogP contribution is 2.27. The summed E-state index contributed by atoms with van der Waals surface area (Å²) in [7, 11) is 0. The number of para-hydroxylation sites is 2. The van der Waals surface area contributed by atoms with Crippen LogP contribution in [0.15, 0.2) is 42.5 Å². The van der Waals surface area contributed by atoms with E-state index in [1.54, 1.807) is 23.1 Å². The maximum absolute atomic E-state index is 13.4. The van der Waals surface area contributed by atoms with Crippen molar-refractivity contribution in [2.24, 2.45) is 5.92 Å². The normalized spacial score (nSPS) is 19.1. The quantitative estimate of drug-likeness (QED) is 0.487. The van der Waals surface area contributed by atoms with E-state index in [1.165, 1.54) is 0 Å². The molecule has 0 saturated carbocycles. The van der Waals surface area contributed by atoms with E-state index in [-0.39, 0.29) is 22.8 Å². The number of hydrogen-bond acceptors (Lipinski definition) is 4. The van der Waals surface area contributed by atoms with E-state index in [0.29, 0.717) is 36.8 Å². The fourth-order valence-corrected chi connectivity index (χ4v) is 5.81. The number of aromatic nitrogens is 2. The average Bonchev–Trinajstić information content (AvgIpc) is 3.26. The van der Waals surface area contributed by atoms with Gasteiger partial charge in [0.15, 0.2) is 0 Å². The maximum atomic E-state index is 13.4. The third-order valence-corrected chi connectivity index (χ3v) is 8.15. The zero-order valence-corrected chi connectivity index (χ0v) is 22.0. The number of aryl methyl sites for hydroxylation is 1. The molecule has 190 valence electrons. The van der Waals surface area contributed by atoms with Crippen molar-refractivity contribution in [3.63, 3.8) is 0 Å². The van der Waals surface area contributed by atoms with E-state index in [2.05, 4.69) is 28.5 Å². The van der Waals surface area contributed by atoms with Gasteiger partial charge < -0.3 is 14.4 Å². The van der Waals surface area contributed by atoms with Crippen molar-refractivity contribution in [2.75, 3.05) is 39.3 Å². The molecular formula is C27H31Cl2N5O2. The zero-order valence-electron chi connectivity index (χ0n) is 20.5. The van der Waals surface area contributed by atoms with Crippen LogP contribution in [-0.4, -0.2) is 75.3 Å². The van der Waals surface area contributed by atoms with Crippen LogP contribution >= 0.6 is 23.2 Å². The van der Waals surface area contributed by atoms with E-state index in [0.717, 1.165) is 55.9 Å². The molecule has 36 heavy (non-hydrogen) atoms. The second-order valence-corrected chi connectivity index (χ2v) is 10.3. The third kappa shape index (κ3) is 4.97. The smallest absolute Gasteiger partial charge is 0.255 e. The van der Waals surface area contributed by atoms with Gasteiger partial charge in [-0.15, -0.1) is 0 Å². The van der Waals surface area contributed by atoms with Crippen molar-refractivity contribution >= 4 is 46.0 Å². The van der Waals surface area contributed by atoms with Crippen LogP contribution in [0.5, 0.6) is 0 Å². The van der Waals surface area contributed by atoms with Gasteiger partial charge in [0.2, 0.25) is 5.91 Å². The first-order valence-electron chi connectivity index (χ1n) is 12.6. The van der Waals surface area contributed by atoms with Gasteiger partial charge >= 0.3 is 0 Å². The van der Waals surface area contributed by atoms with Gasteiger partial charge in [-0.2, -0.15) is 0 Å². The van der Waals surface area contributed by atoms with Gasteiger partial charge in [-0.3, -0.25) is 14.5 Å². The lowest BCUT2D eigenvalue weighted by atomic mass is 9.96. The Bertz CT molecular complexity index is 1270. The first-order chi connectivity index (χ1) is 17.5. The molecule has 2 aliphatic heterocycles. The number of halogens is 2. The van der Waals surface area contributed by atoms with E-state index in [4.69, 9.17) is 28.2 Å². The predicted molar refractivity (Wildman–Crippen MR) is 142 cm³/mol. The topological polar surface area (TPSA) is 61.7 Å². The molecular weight excluding hydrogens is 497 g/mol. The minimum absolute atomic E-state index is 0.0252. The van der Waals surface area contributed by atoms with Gasteiger partial charge in [-0.1, -0.05) is 41.4 Å².